The number of nitrogens with zero attached hydrogens (tertiary/aromatic N) is 5. The van der Waals surface area contributed by atoms with E-state index >= 15 is 0 Å². The number of aromatic nitrogens is 3. The van der Waals surface area contributed by atoms with Crippen molar-refractivity contribution in [1.82, 2.24) is 24.3 Å². The number of amides is 1. The summed E-state index contributed by atoms with van der Waals surface area (Å²) in [5.41, 5.74) is 2.25. The summed E-state index contributed by atoms with van der Waals surface area (Å²) in [6.07, 6.45) is 1.73. The average molecular weight is 421 g/mol. The lowest BCUT2D eigenvalue weighted by Gasteiger charge is -2.33. The predicted molar refractivity (Wildman–Crippen MR) is 112 cm³/mol. The third-order valence-electron chi connectivity index (χ3n) is 5.19. The van der Waals surface area contributed by atoms with Crippen LogP contribution in [-0.4, -0.2) is 56.4 Å². The first-order chi connectivity index (χ1) is 14.7. The highest BCUT2D eigenvalue weighted by Crippen LogP contribution is 2.20. The molecule has 0 spiro atoms. The van der Waals surface area contributed by atoms with Gasteiger partial charge in [0, 0.05) is 62.0 Å². The average Bonchev–Trinajstić information content (AvgIpc) is 3.45. The van der Waals surface area contributed by atoms with Gasteiger partial charge in [-0.2, -0.15) is 0 Å². The van der Waals surface area contributed by atoms with Crippen molar-refractivity contribution in [2.24, 2.45) is 0 Å². The van der Waals surface area contributed by atoms with Gasteiger partial charge in [0.15, 0.2) is 4.96 Å². The lowest BCUT2D eigenvalue weighted by molar-refractivity contribution is 0.0587. The van der Waals surface area contributed by atoms with Crippen molar-refractivity contribution < 1.29 is 9.32 Å². The molecule has 4 heterocycles. The van der Waals surface area contributed by atoms with Crippen LogP contribution in [0.3, 0.4) is 0 Å². The van der Waals surface area contributed by atoms with E-state index in [1.54, 1.807) is 27.6 Å². The zero-order chi connectivity index (χ0) is 20.5. The van der Waals surface area contributed by atoms with Gasteiger partial charge in [-0.25, -0.2) is 4.98 Å². The third-order valence-corrected chi connectivity index (χ3v) is 5.95. The Morgan fingerprint density at radius 1 is 1.10 bits per heavy atom. The minimum atomic E-state index is -0.152. The molecule has 0 N–H and O–H groups in total. The second kappa shape index (κ2) is 7.85. The van der Waals surface area contributed by atoms with E-state index in [0.29, 0.717) is 43.4 Å². The Morgan fingerprint density at radius 3 is 2.70 bits per heavy atom. The van der Waals surface area contributed by atoms with Gasteiger partial charge in [0.2, 0.25) is 5.76 Å². The Bertz CT molecular complexity index is 1240. The van der Waals surface area contributed by atoms with E-state index in [-0.39, 0.29) is 17.2 Å². The molecule has 9 heteroatoms. The minimum Gasteiger partial charge on any atom is -0.350 e. The van der Waals surface area contributed by atoms with Gasteiger partial charge in [0.25, 0.3) is 11.5 Å². The van der Waals surface area contributed by atoms with Crippen molar-refractivity contribution in [2.75, 3.05) is 26.2 Å². The van der Waals surface area contributed by atoms with Crippen molar-refractivity contribution >= 4 is 22.2 Å². The minimum absolute atomic E-state index is 0.0652. The van der Waals surface area contributed by atoms with Crippen LogP contribution in [0, 0.1) is 0 Å². The SMILES string of the molecule is O=C(c1cc(-c2ccccc2)no1)N1CCN(Cc2cc(=O)n3ccsc3n2)CC1. The van der Waals surface area contributed by atoms with Crippen molar-refractivity contribution in [3.05, 3.63) is 75.8 Å². The number of hydrogen-bond acceptors (Lipinski definition) is 7. The van der Waals surface area contributed by atoms with E-state index in [0.717, 1.165) is 11.3 Å². The van der Waals surface area contributed by atoms with Crippen LogP contribution in [0.2, 0.25) is 0 Å². The Hall–Kier alpha value is -3.30. The summed E-state index contributed by atoms with van der Waals surface area (Å²) >= 11 is 1.44. The molecule has 1 amide bonds. The van der Waals surface area contributed by atoms with Crippen LogP contribution in [0.4, 0.5) is 0 Å². The standard InChI is InChI=1S/C21H19N5O3S/c27-19-12-16(22-21-26(19)10-11-30-21)14-24-6-8-25(9-7-24)20(28)18-13-17(23-29-18)15-4-2-1-3-5-15/h1-5,10-13H,6-9,14H2. The van der Waals surface area contributed by atoms with Crippen LogP contribution in [0.25, 0.3) is 16.2 Å². The number of piperazine rings is 1. The molecule has 152 valence electrons. The molecule has 1 aliphatic rings. The molecular formula is C21H19N5O3S. The molecule has 0 bridgehead atoms. The fraction of sp³-hybridized carbons (Fsp3) is 0.238. The lowest BCUT2D eigenvalue weighted by Crippen LogP contribution is -2.48. The van der Waals surface area contributed by atoms with E-state index in [1.807, 2.05) is 35.7 Å². The summed E-state index contributed by atoms with van der Waals surface area (Å²) in [6.45, 7) is 3.17. The van der Waals surface area contributed by atoms with Crippen molar-refractivity contribution in [3.63, 3.8) is 0 Å². The maximum Gasteiger partial charge on any atom is 0.292 e. The summed E-state index contributed by atoms with van der Waals surface area (Å²) in [7, 11) is 0. The Balaban J connectivity index is 1.22. The van der Waals surface area contributed by atoms with Gasteiger partial charge < -0.3 is 9.42 Å². The molecule has 1 fully saturated rings. The van der Waals surface area contributed by atoms with Gasteiger partial charge in [-0.15, -0.1) is 11.3 Å². The lowest BCUT2D eigenvalue weighted by atomic mass is 10.1. The zero-order valence-electron chi connectivity index (χ0n) is 16.1. The summed E-state index contributed by atoms with van der Waals surface area (Å²) in [4.78, 5) is 34.2. The van der Waals surface area contributed by atoms with Crippen LogP contribution in [0.1, 0.15) is 16.2 Å². The van der Waals surface area contributed by atoms with Crippen molar-refractivity contribution in [2.45, 2.75) is 6.54 Å². The van der Waals surface area contributed by atoms with Gasteiger partial charge in [-0.1, -0.05) is 35.5 Å². The number of carbonyl (C=O) groups is 1. The van der Waals surface area contributed by atoms with Crippen LogP contribution in [0.15, 0.2) is 63.4 Å². The number of rotatable bonds is 4. The van der Waals surface area contributed by atoms with Crippen molar-refractivity contribution in [1.29, 1.82) is 0 Å². The molecule has 0 radical (unpaired) electrons. The molecule has 3 aromatic heterocycles. The van der Waals surface area contributed by atoms with Crippen LogP contribution < -0.4 is 5.56 Å². The molecule has 8 nitrogen and oxygen atoms in total. The molecule has 0 saturated carbocycles. The van der Waals surface area contributed by atoms with Gasteiger partial charge >= 0.3 is 0 Å². The number of fused-ring (bicyclic) bond motifs is 1. The normalized spacial score (nSPS) is 15.0. The van der Waals surface area contributed by atoms with E-state index < -0.39 is 0 Å². The first-order valence-corrected chi connectivity index (χ1v) is 10.5. The van der Waals surface area contributed by atoms with E-state index in [4.69, 9.17) is 4.52 Å². The van der Waals surface area contributed by atoms with Gasteiger partial charge in [0.1, 0.15) is 5.69 Å². The van der Waals surface area contributed by atoms with E-state index in [1.165, 1.54) is 11.3 Å². The number of carbonyl (C=O) groups excluding carboxylic acids is 1. The fourth-order valence-corrected chi connectivity index (χ4v) is 4.32. The summed E-state index contributed by atoms with van der Waals surface area (Å²) in [6, 6.07) is 12.9. The zero-order valence-corrected chi connectivity index (χ0v) is 16.9. The molecule has 0 atom stereocenters. The molecule has 0 unspecified atom stereocenters. The maximum absolute atomic E-state index is 12.8. The fourth-order valence-electron chi connectivity index (χ4n) is 3.58. The van der Waals surface area contributed by atoms with E-state index in [2.05, 4.69) is 15.0 Å². The molecule has 5 rings (SSSR count). The molecule has 0 aliphatic carbocycles. The first-order valence-electron chi connectivity index (χ1n) is 9.67. The molecular weight excluding hydrogens is 402 g/mol. The maximum atomic E-state index is 12.8. The first kappa shape index (κ1) is 18.7. The number of hydrogen-bond donors (Lipinski definition) is 0. The quantitative estimate of drug-likeness (QED) is 0.503. The summed E-state index contributed by atoms with van der Waals surface area (Å²) in [5.74, 6) is 0.0980. The largest absolute Gasteiger partial charge is 0.350 e. The Kier molecular flexibility index (Phi) is 4.89. The van der Waals surface area contributed by atoms with E-state index in [9.17, 15) is 9.59 Å². The highest BCUT2D eigenvalue weighted by molar-refractivity contribution is 7.15. The highest BCUT2D eigenvalue weighted by Gasteiger charge is 2.25. The number of benzene rings is 1. The highest BCUT2D eigenvalue weighted by atomic mass is 32.1. The smallest absolute Gasteiger partial charge is 0.292 e. The van der Waals surface area contributed by atoms with Gasteiger partial charge in [0.05, 0.1) is 5.69 Å². The van der Waals surface area contributed by atoms with Crippen LogP contribution in [-0.2, 0) is 6.54 Å². The third kappa shape index (κ3) is 3.64. The second-order valence-electron chi connectivity index (χ2n) is 7.15. The molecule has 1 saturated heterocycles. The molecule has 30 heavy (non-hydrogen) atoms. The predicted octanol–water partition coefficient (Wildman–Crippen LogP) is 2.37. The summed E-state index contributed by atoms with van der Waals surface area (Å²) < 4.78 is 6.85. The molecule has 1 aromatic carbocycles. The van der Waals surface area contributed by atoms with Gasteiger partial charge in [-0.05, 0) is 0 Å². The monoisotopic (exact) mass is 421 g/mol. The summed E-state index contributed by atoms with van der Waals surface area (Å²) in [5, 5.41) is 5.88. The molecule has 4 aromatic rings. The van der Waals surface area contributed by atoms with Crippen molar-refractivity contribution in [3.8, 4) is 11.3 Å². The topological polar surface area (TPSA) is 84.0 Å². The van der Waals surface area contributed by atoms with Gasteiger partial charge in [-0.3, -0.25) is 18.9 Å². The molecule has 1 aliphatic heterocycles. The second-order valence-corrected chi connectivity index (χ2v) is 8.03. The van der Waals surface area contributed by atoms with Crippen LogP contribution in [0.5, 0.6) is 0 Å². The Morgan fingerprint density at radius 2 is 1.90 bits per heavy atom. The Labute approximate surface area is 176 Å². The number of thiazole rings is 1. The van der Waals surface area contributed by atoms with Crippen LogP contribution >= 0.6 is 11.3 Å².